The Labute approximate surface area is 135 Å². The highest BCUT2D eigenvalue weighted by molar-refractivity contribution is 6.59. The van der Waals surface area contributed by atoms with Crippen molar-refractivity contribution in [2.45, 2.75) is 87.4 Å². The summed E-state index contributed by atoms with van der Waals surface area (Å²) >= 11 is 0. The molecule has 0 aromatic rings. The smallest absolute Gasteiger partial charge is 0.0696 e. The Balaban J connectivity index is 1.83. The minimum Gasteiger partial charge on any atom is -0.380 e. The summed E-state index contributed by atoms with van der Waals surface area (Å²) < 4.78 is 12.3. The van der Waals surface area contributed by atoms with E-state index >= 15 is 0 Å². The summed E-state index contributed by atoms with van der Waals surface area (Å²) in [6, 6.07) is 0.286. The van der Waals surface area contributed by atoms with E-state index < -0.39 is 8.80 Å². The van der Waals surface area contributed by atoms with Gasteiger partial charge in [-0.05, 0) is 57.8 Å². The van der Waals surface area contributed by atoms with Gasteiger partial charge in [0.05, 0.1) is 14.0 Å². The van der Waals surface area contributed by atoms with E-state index in [-0.39, 0.29) is 16.5 Å². The molecule has 5 heteroatoms. The standard InChI is InChI=1S/C16H35NO2Si2/c1-21(2)16(9-4-6-12-19-16)13-14(17)7-10-15(20)8-3-5-11-18-15/h14,21H,3-13,17H2,1-2,20H3. The summed E-state index contributed by atoms with van der Waals surface area (Å²) in [7, 11) is 0.292. The Morgan fingerprint density at radius 3 is 2.29 bits per heavy atom. The zero-order valence-electron chi connectivity index (χ0n) is 14.3. The Morgan fingerprint density at radius 2 is 1.76 bits per heavy atom. The van der Waals surface area contributed by atoms with Crippen molar-refractivity contribution < 1.29 is 9.47 Å². The zero-order valence-corrected chi connectivity index (χ0v) is 17.5. The second-order valence-corrected chi connectivity index (χ2v) is 13.0. The maximum Gasteiger partial charge on any atom is 0.0696 e. The van der Waals surface area contributed by atoms with Gasteiger partial charge in [0.25, 0.3) is 0 Å². The van der Waals surface area contributed by atoms with E-state index in [4.69, 9.17) is 15.2 Å². The van der Waals surface area contributed by atoms with Crippen molar-refractivity contribution >= 4 is 19.0 Å². The molecule has 0 amide bonds. The van der Waals surface area contributed by atoms with Crippen LogP contribution in [-0.4, -0.2) is 48.7 Å². The molecule has 3 atom stereocenters. The predicted octanol–water partition coefficient (Wildman–Crippen LogP) is 1.71. The van der Waals surface area contributed by atoms with E-state index in [0.29, 0.717) is 0 Å². The lowest BCUT2D eigenvalue weighted by molar-refractivity contribution is -0.0389. The Kier molecular flexibility index (Phi) is 6.50. The van der Waals surface area contributed by atoms with Crippen LogP contribution in [0, 0.1) is 0 Å². The van der Waals surface area contributed by atoms with E-state index in [0.717, 1.165) is 42.7 Å². The maximum absolute atomic E-state index is 6.51. The third-order valence-corrected chi connectivity index (χ3v) is 9.72. The molecule has 0 radical (unpaired) electrons. The highest BCUT2D eigenvalue weighted by Gasteiger charge is 2.39. The lowest BCUT2D eigenvalue weighted by Gasteiger charge is -2.42. The van der Waals surface area contributed by atoms with Gasteiger partial charge in [0, 0.05) is 34.7 Å². The van der Waals surface area contributed by atoms with Gasteiger partial charge in [-0.25, -0.2) is 0 Å². The van der Waals surface area contributed by atoms with E-state index in [9.17, 15) is 0 Å². The summed E-state index contributed by atoms with van der Waals surface area (Å²) in [5, 5.41) is 0.384. The van der Waals surface area contributed by atoms with Gasteiger partial charge in [0.2, 0.25) is 0 Å². The molecular formula is C16H35NO2Si2. The Morgan fingerprint density at radius 1 is 1.10 bits per heavy atom. The molecule has 3 unspecified atom stereocenters. The average molecular weight is 330 g/mol. The highest BCUT2D eigenvalue weighted by Crippen LogP contribution is 2.34. The first-order chi connectivity index (χ1) is 9.96. The fraction of sp³-hybridized carbons (Fsp3) is 1.00. The molecule has 0 bridgehead atoms. The summed E-state index contributed by atoms with van der Waals surface area (Å²) in [6.07, 6.45) is 11.0. The van der Waals surface area contributed by atoms with Crippen molar-refractivity contribution in [1.29, 1.82) is 0 Å². The molecule has 2 N–H and O–H groups in total. The van der Waals surface area contributed by atoms with Crippen molar-refractivity contribution in [3.05, 3.63) is 0 Å². The molecule has 2 aliphatic heterocycles. The van der Waals surface area contributed by atoms with Gasteiger partial charge in [-0.2, -0.15) is 0 Å². The highest BCUT2D eigenvalue weighted by atomic mass is 28.3. The minimum absolute atomic E-state index is 0.170. The summed E-state index contributed by atoms with van der Waals surface area (Å²) in [5.41, 5.74) is 6.51. The molecule has 0 saturated carbocycles. The number of hydrogen-bond donors (Lipinski definition) is 1. The molecule has 124 valence electrons. The Hall–Kier alpha value is 0.314. The molecule has 21 heavy (non-hydrogen) atoms. The molecule has 3 nitrogen and oxygen atoms in total. The fourth-order valence-corrected chi connectivity index (χ4v) is 6.80. The monoisotopic (exact) mass is 329 g/mol. The van der Waals surface area contributed by atoms with Crippen LogP contribution in [0.15, 0.2) is 0 Å². The molecule has 2 aliphatic rings. The van der Waals surface area contributed by atoms with Crippen molar-refractivity contribution in [2.75, 3.05) is 13.2 Å². The molecule has 0 spiro atoms. The first-order valence-corrected chi connectivity index (χ1v) is 12.9. The summed E-state index contributed by atoms with van der Waals surface area (Å²) in [6.45, 7) is 6.77. The second kappa shape index (κ2) is 7.73. The summed E-state index contributed by atoms with van der Waals surface area (Å²) in [4.78, 5) is 0. The number of rotatable bonds is 6. The van der Waals surface area contributed by atoms with Crippen molar-refractivity contribution in [2.24, 2.45) is 5.73 Å². The lowest BCUT2D eigenvalue weighted by atomic mass is 9.95. The van der Waals surface area contributed by atoms with E-state index in [1.54, 1.807) is 0 Å². The minimum atomic E-state index is -0.845. The molecule has 2 fully saturated rings. The van der Waals surface area contributed by atoms with Gasteiger partial charge < -0.3 is 15.2 Å². The molecular weight excluding hydrogens is 294 g/mol. The van der Waals surface area contributed by atoms with Crippen LogP contribution in [0.1, 0.15) is 57.8 Å². The van der Waals surface area contributed by atoms with E-state index in [2.05, 4.69) is 13.1 Å². The van der Waals surface area contributed by atoms with Crippen LogP contribution in [0.5, 0.6) is 0 Å². The van der Waals surface area contributed by atoms with Gasteiger partial charge in [0.15, 0.2) is 0 Å². The first-order valence-electron chi connectivity index (χ1n) is 8.99. The van der Waals surface area contributed by atoms with Crippen molar-refractivity contribution in [3.63, 3.8) is 0 Å². The van der Waals surface area contributed by atoms with Crippen LogP contribution >= 0.6 is 0 Å². The predicted molar refractivity (Wildman–Crippen MR) is 95.7 cm³/mol. The van der Waals surface area contributed by atoms with Gasteiger partial charge >= 0.3 is 0 Å². The van der Waals surface area contributed by atoms with Gasteiger partial charge in [-0.1, -0.05) is 13.1 Å². The lowest BCUT2D eigenvalue weighted by Crippen LogP contribution is -2.51. The molecule has 0 aromatic carbocycles. The van der Waals surface area contributed by atoms with Crippen molar-refractivity contribution in [3.8, 4) is 0 Å². The fourth-order valence-electron chi connectivity index (χ4n) is 3.95. The number of ether oxygens (including phenoxy) is 2. The van der Waals surface area contributed by atoms with Crippen LogP contribution in [-0.2, 0) is 9.47 Å². The topological polar surface area (TPSA) is 44.5 Å². The van der Waals surface area contributed by atoms with E-state index in [1.165, 1.54) is 38.5 Å². The van der Waals surface area contributed by atoms with Crippen LogP contribution in [0.3, 0.4) is 0 Å². The quantitative estimate of drug-likeness (QED) is 0.755. The van der Waals surface area contributed by atoms with Gasteiger partial charge in [-0.3, -0.25) is 0 Å². The SMILES string of the molecule is C[SiH](C)C1(CC(N)CCC2([SiH3])CCCCO2)CCCCO1. The number of hydrogen-bond acceptors (Lipinski definition) is 3. The largest absolute Gasteiger partial charge is 0.380 e. The van der Waals surface area contributed by atoms with Gasteiger partial charge in [-0.15, -0.1) is 0 Å². The first kappa shape index (κ1) is 17.7. The third-order valence-electron chi connectivity index (χ3n) is 5.64. The van der Waals surface area contributed by atoms with Crippen LogP contribution in [0.2, 0.25) is 13.1 Å². The average Bonchev–Trinajstić information content (AvgIpc) is 2.47. The van der Waals surface area contributed by atoms with Crippen molar-refractivity contribution in [1.82, 2.24) is 0 Å². The molecule has 2 heterocycles. The third kappa shape index (κ3) is 4.89. The summed E-state index contributed by atoms with van der Waals surface area (Å²) in [5.74, 6) is 0. The van der Waals surface area contributed by atoms with E-state index in [1.807, 2.05) is 0 Å². The normalized spacial score (nSPS) is 36.0. The van der Waals surface area contributed by atoms with Crippen LogP contribution in [0.25, 0.3) is 0 Å². The molecule has 2 saturated heterocycles. The molecule has 0 aromatic heterocycles. The second-order valence-electron chi connectivity index (χ2n) is 7.78. The zero-order chi connectivity index (χ0) is 15.3. The van der Waals surface area contributed by atoms with Gasteiger partial charge in [0.1, 0.15) is 0 Å². The number of nitrogens with two attached hydrogens (primary N) is 1. The Bertz CT molecular complexity index is 313. The molecule has 0 aliphatic carbocycles. The molecule has 2 rings (SSSR count). The maximum atomic E-state index is 6.51. The van der Waals surface area contributed by atoms with Crippen LogP contribution < -0.4 is 5.73 Å². The van der Waals surface area contributed by atoms with Crippen LogP contribution in [0.4, 0.5) is 0 Å².